The van der Waals surface area contributed by atoms with E-state index in [2.05, 4.69) is 40.1 Å². The number of hydrogen-bond donors (Lipinski definition) is 1. The molecule has 1 aliphatic rings. The van der Waals surface area contributed by atoms with E-state index in [1.165, 1.54) is 25.7 Å². The van der Waals surface area contributed by atoms with Gasteiger partial charge < -0.3 is 10.1 Å². The Labute approximate surface area is 108 Å². The Morgan fingerprint density at radius 1 is 1.18 bits per heavy atom. The first kappa shape index (κ1) is 15.0. The highest BCUT2D eigenvalue weighted by molar-refractivity contribution is 4.86. The Morgan fingerprint density at radius 2 is 1.88 bits per heavy atom. The first-order valence-corrected chi connectivity index (χ1v) is 7.33. The van der Waals surface area contributed by atoms with Gasteiger partial charge in [0.2, 0.25) is 0 Å². The Hall–Kier alpha value is -0.0800. The minimum absolute atomic E-state index is 0.430. The zero-order valence-electron chi connectivity index (χ0n) is 12.3. The van der Waals surface area contributed by atoms with Crippen molar-refractivity contribution >= 4 is 0 Å². The van der Waals surface area contributed by atoms with E-state index in [0.29, 0.717) is 12.1 Å². The van der Waals surface area contributed by atoms with Gasteiger partial charge in [0, 0.05) is 12.6 Å². The van der Waals surface area contributed by atoms with Gasteiger partial charge in [-0.1, -0.05) is 27.7 Å². The Bertz CT molecular complexity index is 203. The molecule has 2 heteroatoms. The summed E-state index contributed by atoms with van der Waals surface area (Å²) in [7, 11) is 2.07. The van der Waals surface area contributed by atoms with Crippen LogP contribution in [-0.2, 0) is 4.74 Å². The molecule has 0 aliphatic heterocycles. The van der Waals surface area contributed by atoms with Crippen LogP contribution in [0.25, 0.3) is 0 Å². The third-order valence-corrected chi connectivity index (χ3v) is 4.17. The van der Waals surface area contributed by atoms with Crippen LogP contribution in [0.2, 0.25) is 0 Å². The molecule has 0 aromatic carbocycles. The lowest BCUT2D eigenvalue weighted by Gasteiger charge is -2.37. The van der Waals surface area contributed by atoms with Crippen molar-refractivity contribution in [2.45, 2.75) is 65.5 Å². The second-order valence-corrected chi connectivity index (χ2v) is 6.30. The summed E-state index contributed by atoms with van der Waals surface area (Å²) < 4.78 is 6.12. The van der Waals surface area contributed by atoms with Crippen molar-refractivity contribution in [2.75, 3.05) is 13.7 Å². The van der Waals surface area contributed by atoms with Crippen LogP contribution in [-0.4, -0.2) is 25.8 Å². The second kappa shape index (κ2) is 7.38. The molecule has 1 N–H and O–H groups in total. The molecule has 0 aromatic heterocycles. The minimum atomic E-state index is 0.430. The lowest BCUT2D eigenvalue weighted by Crippen LogP contribution is -2.45. The quantitative estimate of drug-likeness (QED) is 0.769. The summed E-state index contributed by atoms with van der Waals surface area (Å²) in [4.78, 5) is 0. The van der Waals surface area contributed by atoms with Gasteiger partial charge in [-0.3, -0.25) is 0 Å². The van der Waals surface area contributed by atoms with Gasteiger partial charge in [-0.15, -0.1) is 0 Å². The molecule has 0 saturated heterocycles. The molecule has 1 rings (SSSR count). The van der Waals surface area contributed by atoms with E-state index in [9.17, 15) is 0 Å². The van der Waals surface area contributed by atoms with E-state index in [1.807, 2.05) is 0 Å². The maximum Gasteiger partial charge on any atom is 0.0730 e. The van der Waals surface area contributed by atoms with Gasteiger partial charge in [0.1, 0.15) is 0 Å². The van der Waals surface area contributed by atoms with Crippen LogP contribution in [0.15, 0.2) is 0 Å². The zero-order valence-corrected chi connectivity index (χ0v) is 12.3. The third kappa shape index (κ3) is 4.97. The number of ether oxygens (including phenoxy) is 1. The molecule has 0 radical (unpaired) electrons. The van der Waals surface area contributed by atoms with E-state index in [-0.39, 0.29) is 0 Å². The Balaban J connectivity index is 2.40. The van der Waals surface area contributed by atoms with Crippen LogP contribution < -0.4 is 5.32 Å². The fourth-order valence-electron chi connectivity index (χ4n) is 2.74. The van der Waals surface area contributed by atoms with Crippen LogP contribution in [0.1, 0.15) is 53.4 Å². The number of hydrogen-bond acceptors (Lipinski definition) is 2. The monoisotopic (exact) mass is 241 g/mol. The van der Waals surface area contributed by atoms with Gasteiger partial charge in [0.15, 0.2) is 0 Å². The Kier molecular flexibility index (Phi) is 6.50. The van der Waals surface area contributed by atoms with Crippen molar-refractivity contribution < 1.29 is 4.74 Å². The standard InChI is InChI=1S/C15H31NO/c1-11(2)8-9-17-15-10-13(12(3)4)6-7-14(15)16-5/h11-16H,6-10H2,1-5H3. The van der Waals surface area contributed by atoms with Crippen molar-refractivity contribution in [3.8, 4) is 0 Å². The van der Waals surface area contributed by atoms with Gasteiger partial charge >= 0.3 is 0 Å². The maximum atomic E-state index is 6.12. The highest BCUT2D eigenvalue weighted by Crippen LogP contribution is 2.31. The van der Waals surface area contributed by atoms with Gasteiger partial charge in [-0.25, -0.2) is 0 Å². The molecule has 2 nitrogen and oxygen atoms in total. The van der Waals surface area contributed by atoms with Gasteiger partial charge in [0.05, 0.1) is 6.10 Å². The average Bonchev–Trinajstić information content (AvgIpc) is 2.28. The predicted molar refractivity (Wildman–Crippen MR) is 74.2 cm³/mol. The van der Waals surface area contributed by atoms with Crippen LogP contribution in [0.5, 0.6) is 0 Å². The second-order valence-electron chi connectivity index (χ2n) is 6.30. The summed E-state index contributed by atoms with van der Waals surface area (Å²) in [6.45, 7) is 10.1. The molecule has 3 atom stereocenters. The van der Waals surface area contributed by atoms with Crippen LogP contribution in [0.3, 0.4) is 0 Å². The van der Waals surface area contributed by atoms with Crippen molar-refractivity contribution in [1.82, 2.24) is 5.32 Å². The molecule has 0 heterocycles. The molecule has 1 saturated carbocycles. The first-order chi connectivity index (χ1) is 8.04. The van der Waals surface area contributed by atoms with Gasteiger partial charge in [-0.05, 0) is 50.5 Å². The zero-order chi connectivity index (χ0) is 12.8. The smallest absolute Gasteiger partial charge is 0.0730 e. The number of likely N-dealkylation sites (N-methyl/N-ethyl adjacent to an activating group) is 1. The van der Waals surface area contributed by atoms with Crippen molar-refractivity contribution in [1.29, 1.82) is 0 Å². The number of nitrogens with one attached hydrogen (secondary N) is 1. The highest BCUT2D eigenvalue weighted by Gasteiger charge is 2.31. The molecule has 0 aromatic rings. The topological polar surface area (TPSA) is 21.3 Å². The molecule has 0 amide bonds. The summed E-state index contributed by atoms with van der Waals surface area (Å²) in [5.41, 5.74) is 0. The van der Waals surface area contributed by atoms with E-state index in [4.69, 9.17) is 4.74 Å². The summed E-state index contributed by atoms with van der Waals surface area (Å²) >= 11 is 0. The first-order valence-electron chi connectivity index (χ1n) is 7.33. The fraction of sp³-hybridized carbons (Fsp3) is 1.00. The molecule has 1 aliphatic carbocycles. The number of rotatable bonds is 6. The molecule has 102 valence electrons. The molecular weight excluding hydrogens is 210 g/mol. The third-order valence-electron chi connectivity index (χ3n) is 4.17. The normalized spacial score (nSPS) is 30.2. The molecule has 3 unspecified atom stereocenters. The molecular formula is C15H31NO. The molecule has 0 spiro atoms. The highest BCUT2D eigenvalue weighted by atomic mass is 16.5. The summed E-state index contributed by atoms with van der Waals surface area (Å²) in [6, 6.07) is 0.567. The Morgan fingerprint density at radius 3 is 2.41 bits per heavy atom. The molecule has 0 bridgehead atoms. The van der Waals surface area contributed by atoms with Gasteiger partial charge in [0.25, 0.3) is 0 Å². The molecule has 1 fully saturated rings. The van der Waals surface area contributed by atoms with Crippen LogP contribution in [0.4, 0.5) is 0 Å². The van der Waals surface area contributed by atoms with E-state index < -0.39 is 0 Å². The van der Waals surface area contributed by atoms with Crippen LogP contribution >= 0.6 is 0 Å². The van der Waals surface area contributed by atoms with Crippen LogP contribution in [0, 0.1) is 17.8 Å². The summed E-state index contributed by atoms with van der Waals surface area (Å²) in [5.74, 6) is 2.39. The molecule has 17 heavy (non-hydrogen) atoms. The SMILES string of the molecule is CNC1CCC(C(C)C)CC1OCCC(C)C. The van der Waals surface area contributed by atoms with E-state index in [1.54, 1.807) is 0 Å². The average molecular weight is 241 g/mol. The predicted octanol–water partition coefficient (Wildman–Crippen LogP) is 3.46. The van der Waals surface area contributed by atoms with Gasteiger partial charge in [-0.2, -0.15) is 0 Å². The van der Waals surface area contributed by atoms with Crippen molar-refractivity contribution in [3.05, 3.63) is 0 Å². The fourth-order valence-corrected chi connectivity index (χ4v) is 2.74. The maximum absolute atomic E-state index is 6.12. The minimum Gasteiger partial charge on any atom is -0.377 e. The van der Waals surface area contributed by atoms with Crippen molar-refractivity contribution in [3.63, 3.8) is 0 Å². The summed E-state index contributed by atoms with van der Waals surface area (Å²) in [6.07, 6.45) is 5.47. The largest absolute Gasteiger partial charge is 0.377 e. The lowest BCUT2D eigenvalue weighted by molar-refractivity contribution is -0.0185. The summed E-state index contributed by atoms with van der Waals surface area (Å²) in [5, 5.41) is 3.43. The lowest BCUT2D eigenvalue weighted by atomic mass is 9.78. The van der Waals surface area contributed by atoms with E-state index in [0.717, 1.165) is 24.4 Å². The van der Waals surface area contributed by atoms with Crippen molar-refractivity contribution in [2.24, 2.45) is 17.8 Å². The van der Waals surface area contributed by atoms with E-state index >= 15 is 0 Å².